The summed E-state index contributed by atoms with van der Waals surface area (Å²) < 4.78 is 0. The monoisotopic (exact) mass is 251 g/mol. The van der Waals surface area contributed by atoms with E-state index in [-0.39, 0.29) is 17.1 Å². The fourth-order valence-electron chi connectivity index (χ4n) is 1.36. The molecule has 0 fully saturated rings. The molecular weight excluding hydrogens is 238 g/mol. The van der Waals surface area contributed by atoms with Gasteiger partial charge in [-0.25, -0.2) is 0 Å². The van der Waals surface area contributed by atoms with Crippen LogP contribution in [-0.2, 0) is 4.79 Å². The number of nitrogens with zero attached hydrogens (tertiary/aromatic N) is 1. The van der Waals surface area contributed by atoms with E-state index in [4.69, 9.17) is 11.6 Å². The zero-order valence-electron chi connectivity index (χ0n) is 10.0. The summed E-state index contributed by atoms with van der Waals surface area (Å²) in [7, 11) is 3.51. The third-order valence-corrected chi connectivity index (χ3v) is 2.46. The first-order valence-electron chi connectivity index (χ1n) is 5.12. The van der Waals surface area contributed by atoms with Gasteiger partial charge < -0.3 is 4.90 Å². The lowest BCUT2D eigenvalue weighted by atomic mass is 10.0. The minimum atomic E-state index is -0.350. The average molecular weight is 252 g/mol. The number of hydrogen-bond acceptors (Lipinski definition) is 3. The van der Waals surface area contributed by atoms with Crippen LogP contribution in [-0.4, -0.2) is 30.6 Å². The van der Waals surface area contributed by atoms with Crippen LogP contribution in [0.25, 0.3) is 0 Å². The molecule has 0 N–H and O–H groups in total. The molecule has 0 spiro atoms. The molecule has 0 aromatic heterocycles. The van der Waals surface area contributed by atoms with Crippen molar-refractivity contribution in [1.82, 2.24) is 4.90 Å². The van der Waals surface area contributed by atoms with Gasteiger partial charge in [0.1, 0.15) is 0 Å². The quantitative estimate of drug-likeness (QED) is 0.357. The number of ketones is 2. The van der Waals surface area contributed by atoms with Crippen LogP contribution in [0, 0.1) is 0 Å². The van der Waals surface area contributed by atoms with Gasteiger partial charge in [0.05, 0.1) is 10.6 Å². The number of halogens is 1. The molecule has 0 saturated heterocycles. The molecule has 0 unspecified atom stereocenters. The fraction of sp³-hybridized carbons (Fsp3) is 0.231. The molecule has 0 radical (unpaired) electrons. The Morgan fingerprint density at radius 3 is 2.29 bits per heavy atom. The number of allylic oxidation sites excluding steroid dienone is 1. The number of carbonyl (C=O) groups is 2. The molecule has 3 nitrogen and oxygen atoms in total. The van der Waals surface area contributed by atoms with E-state index in [1.807, 2.05) is 0 Å². The van der Waals surface area contributed by atoms with Crippen LogP contribution >= 0.6 is 11.6 Å². The van der Waals surface area contributed by atoms with Crippen LogP contribution in [0.1, 0.15) is 17.3 Å². The Morgan fingerprint density at radius 1 is 1.24 bits per heavy atom. The Bertz CT molecular complexity index is 478. The second kappa shape index (κ2) is 5.64. The van der Waals surface area contributed by atoms with Crippen molar-refractivity contribution in [3.05, 3.63) is 46.6 Å². The van der Waals surface area contributed by atoms with E-state index >= 15 is 0 Å². The largest absolute Gasteiger partial charge is 0.383 e. The van der Waals surface area contributed by atoms with E-state index in [0.29, 0.717) is 10.6 Å². The maximum atomic E-state index is 12.1. The highest BCUT2D eigenvalue weighted by atomic mass is 35.5. The highest BCUT2D eigenvalue weighted by molar-refractivity contribution is 6.37. The summed E-state index contributed by atoms with van der Waals surface area (Å²) in [5.74, 6) is -0.625. The molecule has 0 bridgehead atoms. The second-order valence-electron chi connectivity index (χ2n) is 3.87. The molecule has 90 valence electrons. The number of Topliss-reactive ketones (excluding diaryl/α,β-unsaturated/α-hetero) is 2. The minimum Gasteiger partial charge on any atom is -0.383 e. The van der Waals surface area contributed by atoms with Gasteiger partial charge in [-0.3, -0.25) is 9.59 Å². The van der Waals surface area contributed by atoms with Gasteiger partial charge in [-0.2, -0.15) is 0 Å². The van der Waals surface area contributed by atoms with Crippen molar-refractivity contribution in [2.24, 2.45) is 0 Å². The molecule has 0 amide bonds. The van der Waals surface area contributed by atoms with Gasteiger partial charge in [0.25, 0.3) is 0 Å². The molecule has 0 aliphatic carbocycles. The van der Waals surface area contributed by atoms with Crippen molar-refractivity contribution in [3.63, 3.8) is 0 Å². The maximum Gasteiger partial charge on any atom is 0.199 e. The summed E-state index contributed by atoms with van der Waals surface area (Å²) in [5, 5.41) is 0.350. The van der Waals surface area contributed by atoms with E-state index in [2.05, 4.69) is 0 Å². The lowest BCUT2D eigenvalue weighted by molar-refractivity contribution is -0.113. The normalized spacial score (nSPS) is 11.2. The van der Waals surface area contributed by atoms with Crippen LogP contribution in [0.15, 0.2) is 36.0 Å². The first-order valence-corrected chi connectivity index (χ1v) is 5.49. The highest BCUT2D eigenvalue weighted by Crippen LogP contribution is 2.19. The lowest BCUT2D eigenvalue weighted by Crippen LogP contribution is -2.15. The molecule has 1 aromatic carbocycles. The molecule has 1 aromatic rings. The van der Waals surface area contributed by atoms with Crippen LogP contribution in [0.4, 0.5) is 0 Å². The van der Waals surface area contributed by atoms with Gasteiger partial charge in [0, 0.05) is 25.9 Å². The molecule has 0 atom stereocenters. The summed E-state index contributed by atoms with van der Waals surface area (Å²) in [6, 6.07) is 6.69. The van der Waals surface area contributed by atoms with Gasteiger partial charge in [0.15, 0.2) is 11.6 Å². The predicted octanol–water partition coefficient (Wildman–Crippen LogP) is 2.56. The zero-order chi connectivity index (χ0) is 13.0. The Morgan fingerprint density at radius 2 is 1.82 bits per heavy atom. The first-order chi connectivity index (χ1) is 7.93. The minimum absolute atomic E-state index is 0.128. The predicted molar refractivity (Wildman–Crippen MR) is 68.2 cm³/mol. The Hall–Kier alpha value is -1.61. The van der Waals surface area contributed by atoms with Gasteiger partial charge in [-0.05, 0) is 19.1 Å². The number of hydrogen-bond donors (Lipinski definition) is 0. The maximum absolute atomic E-state index is 12.1. The number of benzene rings is 1. The molecule has 17 heavy (non-hydrogen) atoms. The zero-order valence-corrected chi connectivity index (χ0v) is 10.8. The third-order valence-electron chi connectivity index (χ3n) is 2.13. The van der Waals surface area contributed by atoms with Crippen LogP contribution < -0.4 is 0 Å². The summed E-state index contributed by atoms with van der Waals surface area (Å²) in [6.45, 7) is 1.37. The summed E-state index contributed by atoms with van der Waals surface area (Å²) in [6.07, 6.45) is 1.51. The van der Waals surface area contributed by atoms with Gasteiger partial charge >= 0.3 is 0 Å². The van der Waals surface area contributed by atoms with Crippen molar-refractivity contribution >= 4 is 23.2 Å². The highest BCUT2D eigenvalue weighted by Gasteiger charge is 2.18. The Balaban J connectivity index is 3.19. The van der Waals surface area contributed by atoms with E-state index in [9.17, 15) is 9.59 Å². The number of carbonyl (C=O) groups excluding carboxylic acids is 2. The van der Waals surface area contributed by atoms with Gasteiger partial charge in [-0.15, -0.1) is 0 Å². The topological polar surface area (TPSA) is 37.4 Å². The number of rotatable bonds is 4. The molecule has 0 aliphatic rings. The molecule has 4 heteroatoms. The molecule has 0 saturated carbocycles. The van der Waals surface area contributed by atoms with Crippen molar-refractivity contribution in [1.29, 1.82) is 0 Å². The SMILES string of the molecule is CC(=O)C(=CN(C)C)C(=O)c1ccccc1Cl. The average Bonchev–Trinajstić information content (AvgIpc) is 2.25. The second-order valence-corrected chi connectivity index (χ2v) is 4.28. The summed E-state index contributed by atoms with van der Waals surface area (Å²) in [5.41, 5.74) is 0.473. The lowest BCUT2D eigenvalue weighted by Gasteiger charge is -2.09. The Labute approximate surface area is 106 Å². The van der Waals surface area contributed by atoms with Crippen LogP contribution in [0.2, 0.25) is 5.02 Å². The summed E-state index contributed by atoms with van der Waals surface area (Å²) in [4.78, 5) is 25.2. The van der Waals surface area contributed by atoms with Crippen molar-refractivity contribution < 1.29 is 9.59 Å². The first kappa shape index (κ1) is 13.5. The summed E-state index contributed by atoms with van der Waals surface area (Å²) >= 11 is 5.93. The van der Waals surface area contributed by atoms with E-state index < -0.39 is 0 Å². The van der Waals surface area contributed by atoms with Crippen LogP contribution in [0.5, 0.6) is 0 Å². The molecule has 0 heterocycles. The van der Waals surface area contributed by atoms with E-state index in [1.54, 1.807) is 43.3 Å². The van der Waals surface area contributed by atoms with Crippen molar-refractivity contribution in [3.8, 4) is 0 Å². The van der Waals surface area contributed by atoms with Crippen molar-refractivity contribution in [2.45, 2.75) is 6.92 Å². The fourth-order valence-corrected chi connectivity index (χ4v) is 1.58. The van der Waals surface area contributed by atoms with E-state index in [1.165, 1.54) is 13.1 Å². The van der Waals surface area contributed by atoms with Crippen LogP contribution in [0.3, 0.4) is 0 Å². The molecule has 0 aliphatic heterocycles. The van der Waals surface area contributed by atoms with E-state index in [0.717, 1.165) is 0 Å². The molecule has 1 rings (SSSR count). The third kappa shape index (κ3) is 3.43. The smallest absolute Gasteiger partial charge is 0.199 e. The van der Waals surface area contributed by atoms with Gasteiger partial charge in [0.2, 0.25) is 0 Å². The standard InChI is InChI=1S/C13H14ClNO2/c1-9(16)11(8-15(2)3)13(17)10-6-4-5-7-12(10)14/h4-8H,1-3H3. The molecular formula is C13H14ClNO2. The van der Waals surface area contributed by atoms with Crippen molar-refractivity contribution in [2.75, 3.05) is 14.1 Å². The van der Waals surface area contributed by atoms with Gasteiger partial charge in [-0.1, -0.05) is 23.7 Å². The Kier molecular flexibility index (Phi) is 4.46.